The summed E-state index contributed by atoms with van der Waals surface area (Å²) in [5.74, 6) is 0.748. The largest absolute Gasteiger partial charge is 0.497 e. The van der Waals surface area contributed by atoms with Gasteiger partial charge in [0.2, 0.25) is 5.91 Å². The van der Waals surface area contributed by atoms with Crippen molar-refractivity contribution in [3.8, 4) is 11.5 Å². The second-order valence-electron chi connectivity index (χ2n) is 6.60. The zero-order valence-electron chi connectivity index (χ0n) is 17.8. The van der Waals surface area contributed by atoms with Gasteiger partial charge in [-0.25, -0.2) is 0 Å². The second kappa shape index (κ2) is 12.6. The van der Waals surface area contributed by atoms with Gasteiger partial charge in [0.25, 0.3) is 0 Å². The smallest absolute Gasteiger partial charge is 0.306 e. The monoisotopic (exact) mass is 445 g/mol. The molecule has 2 atom stereocenters. The lowest BCUT2D eigenvalue weighted by molar-refractivity contribution is -0.150. The number of benzene rings is 2. The molecule has 1 N–H and O–H groups in total. The number of esters is 1. The van der Waals surface area contributed by atoms with Crippen molar-refractivity contribution in [2.24, 2.45) is 0 Å². The highest BCUT2D eigenvalue weighted by Crippen LogP contribution is 2.25. The number of carbonyl (C=O) groups excluding carboxylic acids is 3. The summed E-state index contributed by atoms with van der Waals surface area (Å²) in [5.41, 5.74) is 2.35. The van der Waals surface area contributed by atoms with Crippen LogP contribution >= 0.6 is 11.8 Å². The molecular weight excluding hydrogens is 418 g/mol. The van der Waals surface area contributed by atoms with E-state index in [4.69, 9.17) is 14.2 Å². The third kappa shape index (κ3) is 7.64. The topological polar surface area (TPSA) is 90.9 Å². The Bertz CT molecular complexity index is 871. The van der Waals surface area contributed by atoms with Gasteiger partial charge in [-0.1, -0.05) is 43.0 Å². The van der Waals surface area contributed by atoms with E-state index in [1.165, 1.54) is 0 Å². The van der Waals surface area contributed by atoms with Gasteiger partial charge in [-0.3, -0.25) is 14.4 Å². The van der Waals surface area contributed by atoms with E-state index >= 15 is 0 Å². The van der Waals surface area contributed by atoms with E-state index in [0.29, 0.717) is 23.5 Å². The first-order valence-corrected chi connectivity index (χ1v) is 10.8. The number of rotatable bonds is 12. The fraction of sp³-hybridized carbons (Fsp3) is 0.348. The quantitative estimate of drug-likeness (QED) is 0.396. The van der Waals surface area contributed by atoms with Crippen LogP contribution in [0.15, 0.2) is 48.5 Å². The molecule has 2 aromatic rings. The highest BCUT2D eigenvalue weighted by Gasteiger charge is 2.19. The first-order chi connectivity index (χ1) is 15.0. The summed E-state index contributed by atoms with van der Waals surface area (Å²) in [6.07, 6.45) is 0.105. The molecule has 0 radical (unpaired) electrons. The molecule has 0 spiro atoms. The zero-order valence-corrected chi connectivity index (χ0v) is 18.6. The molecule has 8 heteroatoms. The molecular formula is C23H27NO6S. The Morgan fingerprint density at radius 2 is 1.87 bits per heavy atom. The minimum Gasteiger partial charge on any atom is -0.497 e. The van der Waals surface area contributed by atoms with Crippen LogP contribution in [0.25, 0.3) is 0 Å². The van der Waals surface area contributed by atoms with Crippen LogP contribution in [-0.2, 0) is 25.5 Å². The highest BCUT2D eigenvalue weighted by atomic mass is 32.2. The molecule has 0 heterocycles. The maximum absolute atomic E-state index is 11.9. The number of ether oxygens (including phenoxy) is 3. The van der Waals surface area contributed by atoms with E-state index in [0.717, 1.165) is 22.9 Å². The predicted octanol–water partition coefficient (Wildman–Crippen LogP) is 3.35. The molecule has 2 aromatic carbocycles. The summed E-state index contributed by atoms with van der Waals surface area (Å²) in [7, 11) is 3.12. The molecule has 2 rings (SSSR count). The summed E-state index contributed by atoms with van der Waals surface area (Å²) in [5, 5.41) is 2.08. The third-order valence-electron chi connectivity index (χ3n) is 4.53. The number of hydrogen-bond acceptors (Lipinski definition) is 7. The van der Waals surface area contributed by atoms with Crippen LogP contribution in [0.3, 0.4) is 0 Å². The van der Waals surface area contributed by atoms with Crippen LogP contribution in [0.5, 0.6) is 11.5 Å². The van der Waals surface area contributed by atoms with Crippen LogP contribution in [0, 0.1) is 0 Å². The van der Waals surface area contributed by atoms with Crippen molar-refractivity contribution in [2.75, 3.05) is 20.8 Å². The van der Waals surface area contributed by atoms with Crippen LogP contribution in [-0.4, -0.2) is 43.5 Å². The molecule has 0 aliphatic heterocycles. The standard InChI is InChI=1S/C23H27NO6S/c1-4-22(26)30-20(17-6-5-7-19(13-17)28-3)14-29-18-10-8-16(9-11-18)12-21(31-15-25)23(27)24-2/h5-11,13,15,20-21H,4,12,14H2,1-3H3,(H,24,27). The van der Waals surface area contributed by atoms with Gasteiger partial charge in [0.05, 0.1) is 12.4 Å². The first kappa shape index (κ1) is 24.3. The van der Waals surface area contributed by atoms with Crippen LogP contribution in [0.2, 0.25) is 0 Å². The predicted molar refractivity (Wildman–Crippen MR) is 120 cm³/mol. The zero-order chi connectivity index (χ0) is 22.6. The average molecular weight is 446 g/mol. The maximum atomic E-state index is 11.9. The summed E-state index contributed by atoms with van der Waals surface area (Å²) in [6, 6.07) is 14.6. The van der Waals surface area contributed by atoms with Gasteiger partial charge in [0.1, 0.15) is 18.1 Å². The lowest BCUT2D eigenvalue weighted by Crippen LogP contribution is -2.31. The van der Waals surface area contributed by atoms with Gasteiger partial charge in [0.15, 0.2) is 11.7 Å². The molecule has 166 valence electrons. The van der Waals surface area contributed by atoms with Gasteiger partial charge in [0, 0.05) is 13.5 Å². The molecule has 0 saturated heterocycles. The normalized spacial score (nSPS) is 12.4. The van der Waals surface area contributed by atoms with E-state index in [9.17, 15) is 14.4 Å². The molecule has 0 saturated carbocycles. The van der Waals surface area contributed by atoms with Crippen LogP contribution in [0.4, 0.5) is 0 Å². The van der Waals surface area contributed by atoms with Crippen molar-refractivity contribution in [3.05, 3.63) is 59.7 Å². The summed E-state index contributed by atoms with van der Waals surface area (Å²) in [6.45, 7) is 1.87. The van der Waals surface area contributed by atoms with Crippen molar-refractivity contribution >= 4 is 29.3 Å². The Morgan fingerprint density at radius 3 is 2.48 bits per heavy atom. The number of nitrogens with one attached hydrogen (secondary N) is 1. The SMILES string of the molecule is CCC(=O)OC(COc1ccc(CC(SC=O)C(=O)NC)cc1)c1cccc(OC)c1. The van der Waals surface area contributed by atoms with E-state index in [-0.39, 0.29) is 24.9 Å². The van der Waals surface area contributed by atoms with Crippen molar-refractivity contribution in [1.29, 1.82) is 0 Å². The molecule has 2 unspecified atom stereocenters. The van der Waals surface area contributed by atoms with Gasteiger partial charge < -0.3 is 19.5 Å². The fourth-order valence-electron chi connectivity index (χ4n) is 2.82. The Kier molecular flexibility index (Phi) is 9.90. The van der Waals surface area contributed by atoms with E-state index in [1.54, 1.807) is 33.2 Å². The van der Waals surface area contributed by atoms with Crippen molar-refractivity contribution in [2.45, 2.75) is 31.1 Å². The first-order valence-electron chi connectivity index (χ1n) is 9.86. The number of thioether (sulfide) groups is 1. The molecule has 1 amide bonds. The Labute approximate surface area is 186 Å². The van der Waals surface area contributed by atoms with Gasteiger partial charge in [-0.2, -0.15) is 0 Å². The van der Waals surface area contributed by atoms with E-state index in [2.05, 4.69) is 5.32 Å². The molecule has 0 fully saturated rings. The lowest BCUT2D eigenvalue weighted by atomic mass is 10.1. The lowest BCUT2D eigenvalue weighted by Gasteiger charge is -2.19. The van der Waals surface area contributed by atoms with Gasteiger partial charge in [-0.15, -0.1) is 0 Å². The Balaban J connectivity index is 2.06. The van der Waals surface area contributed by atoms with Crippen molar-refractivity contribution < 1.29 is 28.6 Å². The number of methoxy groups -OCH3 is 1. The molecule has 0 aliphatic carbocycles. The number of carbonyl (C=O) groups is 3. The summed E-state index contributed by atoms with van der Waals surface area (Å²) >= 11 is 0.948. The Hall–Kier alpha value is -3.00. The third-order valence-corrected chi connectivity index (χ3v) is 5.35. The minimum atomic E-state index is -0.580. The minimum absolute atomic E-state index is 0.139. The van der Waals surface area contributed by atoms with Gasteiger partial charge >= 0.3 is 5.97 Å². The summed E-state index contributed by atoms with van der Waals surface area (Å²) in [4.78, 5) is 34.6. The number of hydrogen-bond donors (Lipinski definition) is 1. The van der Waals surface area contributed by atoms with E-state index < -0.39 is 11.4 Å². The molecule has 0 aliphatic rings. The van der Waals surface area contributed by atoms with E-state index in [1.807, 2.05) is 36.4 Å². The molecule has 0 aromatic heterocycles. The van der Waals surface area contributed by atoms with Gasteiger partial charge in [-0.05, 0) is 41.8 Å². The maximum Gasteiger partial charge on any atom is 0.306 e. The Morgan fingerprint density at radius 1 is 1.13 bits per heavy atom. The number of amides is 1. The van der Waals surface area contributed by atoms with Crippen molar-refractivity contribution in [1.82, 2.24) is 5.32 Å². The molecule has 7 nitrogen and oxygen atoms in total. The second-order valence-corrected chi connectivity index (χ2v) is 7.64. The summed E-state index contributed by atoms with van der Waals surface area (Å²) < 4.78 is 16.7. The average Bonchev–Trinajstić information content (AvgIpc) is 2.81. The molecule has 0 bridgehead atoms. The molecule has 31 heavy (non-hydrogen) atoms. The fourth-order valence-corrected chi connectivity index (χ4v) is 3.48. The van der Waals surface area contributed by atoms with Crippen molar-refractivity contribution in [3.63, 3.8) is 0 Å². The highest BCUT2D eigenvalue weighted by molar-refractivity contribution is 8.13. The van der Waals surface area contributed by atoms with Crippen LogP contribution in [0.1, 0.15) is 30.6 Å². The van der Waals surface area contributed by atoms with Crippen LogP contribution < -0.4 is 14.8 Å².